The van der Waals surface area contributed by atoms with Crippen molar-refractivity contribution >= 4 is 11.9 Å². The molecule has 16 heavy (non-hydrogen) atoms. The Hall–Kier alpha value is -1.52. The van der Waals surface area contributed by atoms with Crippen LogP contribution in [0.1, 0.15) is 19.8 Å². The van der Waals surface area contributed by atoms with E-state index in [1.54, 1.807) is 13.0 Å². The third-order valence-electron chi connectivity index (χ3n) is 2.41. The Morgan fingerprint density at radius 1 is 1.44 bits per heavy atom. The molecular weight excluding hydrogens is 206 g/mol. The maximum absolute atomic E-state index is 11.3. The van der Waals surface area contributed by atoms with Gasteiger partial charge in [-0.15, -0.1) is 6.58 Å². The van der Waals surface area contributed by atoms with Gasteiger partial charge in [-0.05, 0) is 25.7 Å². The van der Waals surface area contributed by atoms with E-state index in [9.17, 15) is 9.59 Å². The summed E-state index contributed by atoms with van der Waals surface area (Å²) in [4.78, 5) is 22.5. The van der Waals surface area contributed by atoms with Crippen molar-refractivity contribution < 1.29 is 9.59 Å². The van der Waals surface area contributed by atoms with Crippen molar-refractivity contribution in [2.24, 2.45) is 5.92 Å². The summed E-state index contributed by atoms with van der Waals surface area (Å²) >= 11 is 0. The molecule has 90 valence electrons. The van der Waals surface area contributed by atoms with Crippen LogP contribution in [-0.2, 0) is 4.79 Å². The number of nitrogens with one attached hydrogen (secondary N) is 3. The van der Waals surface area contributed by atoms with Gasteiger partial charge in [0.15, 0.2) is 0 Å². The van der Waals surface area contributed by atoms with E-state index < -0.39 is 0 Å². The molecule has 0 aromatic carbocycles. The molecular formula is C11H19N3O2. The zero-order chi connectivity index (χ0) is 12.0. The van der Waals surface area contributed by atoms with Gasteiger partial charge in [-0.25, -0.2) is 4.79 Å². The largest absolute Gasteiger partial charge is 0.354 e. The average molecular weight is 225 g/mol. The molecule has 1 fully saturated rings. The van der Waals surface area contributed by atoms with Gasteiger partial charge in [-0.1, -0.05) is 6.08 Å². The van der Waals surface area contributed by atoms with Crippen LogP contribution >= 0.6 is 0 Å². The molecule has 0 spiro atoms. The number of carbonyl (C=O) groups is 2. The Bertz CT molecular complexity index is 274. The third kappa shape index (κ3) is 5.38. The molecule has 0 bridgehead atoms. The average Bonchev–Trinajstić information content (AvgIpc) is 3.07. The summed E-state index contributed by atoms with van der Waals surface area (Å²) in [5, 5.41) is 7.86. The van der Waals surface area contributed by atoms with Crippen LogP contribution in [0.4, 0.5) is 4.79 Å². The van der Waals surface area contributed by atoms with Crippen LogP contribution in [0.3, 0.4) is 0 Å². The zero-order valence-electron chi connectivity index (χ0n) is 9.58. The highest BCUT2D eigenvalue weighted by molar-refractivity contribution is 5.84. The van der Waals surface area contributed by atoms with Crippen molar-refractivity contribution in [3.05, 3.63) is 12.7 Å². The molecule has 0 aliphatic heterocycles. The van der Waals surface area contributed by atoms with Crippen LogP contribution in [0.5, 0.6) is 0 Å². The minimum absolute atomic E-state index is 0.0163. The second-order valence-corrected chi connectivity index (χ2v) is 4.10. The topological polar surface area (TPSA) is 70.2 Å². The molecule has 1 atom stereocenters. The first kappa shape index (κ1) is 12.5. The third-order valence-corrected chi connectivity index (χ3v) is 2.41. The smallest absolute Gasteiger partial charge is 0.315 e. The lowest BCUT2D eigenvalue weighted by molar-refractivity contribution is -0.120. The number of hydrogen-bond donors (Lipinski definition) is 3. The lowest BCUT2D eigenvalue weighted by Gasteiger charge is -2.10. The molecule has 0 aromatic heterocycles. The predicted molar refractivity (Wildman–Crippen MR) is 61.9 cm³/mol. The van der Waals surface area contributed by atoms with Crippen LogP contribution in [-0.4, -0.2) is 31.1 Å². The summed E-state index contributed by atoms with van der Waals surface area (Å²) in [5.74, 6) is 0.506. The van der Waals surface area contributed by atoms with E-state index in [1.807, 2.05) is 0 Å². The molecule has 5 heteroatoms. The fraction of sp³-hybridized carbons (Fsp3) is 0.636. The van der Waals surface area contributed by atoms with Crippen LogP contribution in [0.15, 0.2) is 12.7 Å². The maximum Gasteiger partial charge on any atom is 0.315 e. The first-order valence-corrected chi connectivity index (χ1v) is 5.55. The van der Waals surface area contributed by atoms with Crippen LogP contribution in [0, 0.1) is 5.92 Å². The highest BCUT2D eigenvalue weighted by Gasteiger charge is 2.21. The summed E-state index contributed by atoms with van der Waals surface area (Å²) in [6.45, 7) is 6.09. The second kappa shape index (κ2) is 6.15. The number of urea groups is 1. The standard InChI is InChI=1S/C11H19N3O2/c1-3-8(2)14-11(16)13-7-10(15)12-6-9-4-5-9/h3,8-9H,1,4-7H2,2H3,(H,12,15)(H2,13,14,16)/t8-/m1/s1. The van der Waals surface area contributed by atoms with Gasteiger partial charge < -0.3 is 16.0 Å². The number of amides is 3. The first-order valence-electron chi connectivity index (χ1n) is 5.55. The highest BCUT2D eigenvalue weighted by Crippen LogP contribution is 2.27. The Morgan fingerprint density at radius 3 is 2.69 bits per heavy atom. The van der Waals surface area contributed by atoms with E-state index in [1.165, 1.54) is 12.8 Å². The number of rotatable bonds is 6. The van der Waals surface area contributed by atoms with Crippen molar-refractivity contribution in [1.29, 1.82) is 0 Å². The SMILES string of the molecule is C=C[C@@H](C)NC(=O)NCC(=O)NCC1CC1. The van der Waals surface area contributed by atoms with Gasteiger partial charge in [0.05, 0.1) is 6.54 Å². The summed E-state index contributed by atoms with van der Waals surface area (Å²) in [6, 6.07) is -0.455. The van der Waals surface area contributed by atoms with Gasteiger partial charge in [-0.2, -0.15) is 0 Å². The minimum Gasteiger partial charge on any atom is -0.354 e. The lowest BCUT2D eigenvalue weighted by atomic mass is 10.3. The molecule has 5 nitrogen and oxygen atoms in total. The Balaban J connectivity index is 2.05. The second-order valence-electron chi connectivity index (χ2n) is 4.10. The van der Waals surface area contributed by atoms with Crippen molar-refractivity contribution in [3.8, 4) is 0 Å². The van der Waals surface area contributed by atoms with E-state index in [2.05, 4.69) is 22.5 Å². The molecule has 1 rings (SSSR count). The van der Waals surface area contributed by atoms with Crippen molar-refractivity contribution in [2.75, 3.05) is 13.1 Å². The molecule has 1 aliphatic carbocycles. The molecule has 1 saturated carbocycles. The summed E-state index contributed by atoms with van der Waals surface area (Å²) in [6.07, 6.45) is 4.02. The van der Waals surface area contributed by atoms with Crippen molar-refractivity contribution in [3.63, 3.8) is 0 Å². The summed E-state index contributed by atoms with van der Waals surface area (Å²) < 4.78 is 0. The van der Waals surface area contributed by atoms with E-state index >= 15 is 0 Å². The molecule has 1 aliphatic rings. The van der Waals surface area contributed by atoms with Crippen LogP contribution < -0.4 is 16.0 Å². The Kier molecular flexibility index (Phi) is 4.82. The summed E-state index contributed by atoms with van der Waals surface area (Å²) in [7, 11) is 0. The van der Waals surface area contributed by atoms with Gasteiger partial charge >= 0.3 is 6.03 Å². The van der Waals surface area contributed by atoms with E-state index in [-0.39, 0.29) is 24.5 Å². The molecule has 0 radical (unpaired) electrons. The minimum atomic E-state index is -0.353. The molecule has 0 unspecified atom stereocenters. The number of hydrogen-bond acceptors (Lipinski definition) is 2. The predicted octanol–water partition coefficient (Wildman–Crippen LogP) is 0.386. The first-order chi connectivity index (χ1) is 7.61. The molecule has 3 amide bonds. The Morgan fingerprint density at radius 2 is 2.12 bits per heavy atom. The fourth-order valence-corrected chi connectivity index (χ4v) is 1.12. The van der Waals surface area contributed by atoms with Gasteiger partial charge in [-0.3, -0.25) is 4.79 Å². The molecule has 0 heterocycles. The van der Waals surface area contributed by atoms with Crippen molar-refractivity contribution in [1.82, 2.24) is 16.0 Å². The summed E-state index contributed by atoms with van der Waals surface area (Å²) in [5.41, 5.74) is 0. The number of carbonyl (C=O) groups excluding carboxylic acids is 2. The lowest BCUT2D eigenvalue weighted by Crippen LogP contribution is -2.44. The van der Waals surface area contributed by atoms with E-state index in [0.717, 1.165) is 6.54 Å². The molecule has 0 aromatic rings. The van der Waals surface area contributed by atoms with Gasteiger partial charge in [0, 0.05) is 12.6 Å². The zero-order valence-corrected chi connectivity index (χ0v) is 9.58. The fourth-order valence-electron chi connectivity index (χ4n) is 1.12. The quantitative estimate of drug-likeness (QED) is 0.572. The van der Waals surface area contributed by atoms with Crippen molar-refractivity contribution in [2.45, 2.75) is 25.8 Å². The highest BCUT2D eigenvalue weighted by atomic mass is 16.2. The van der Waals surface area contributed by atoms with Gasteiger partial charge in [0.25, 0.3) is 0 Å². The molecule has 3 N–H and O–H groups in total. The molecule has 0 saturated heterocycles. The van der Waals surface area contributed by atoms with Gasteiger partial charge in [0.2, 0.25) is 5.91 Å². The maximum atomic E-state index is 11.3. The Labute approximate surface area is 95.7 Å². The van der Waals surface area contributed by atoms with Crippen LogP contribution in [0.25, 0.3) is 0 Å². The van der Waals surface area contributed by atoms with Crippen LogP contribution in [0.2, 0.25) is 0 Å². The van der Waals surface area contributed by atoms with Gasteiger partial charge in [0.1, 0.15) is 0 Å². The van der Waals surface area contributed by atoms with E-state index in [4.69, 9.17) is 0 Å². The monoisotopic (exact) mass is 225 g/mol. The van der Waals surface area contributed by atoms with E-state index in [0.29, 0.717) is 5.92 Å². The normalized spacial score (nSPS) is 16.1.